The van der Waals surface area contributed by atoms with E-state index in [9.17, 15) is 4.79 Å². The van der Waals surface area contributed by atoms with Crippen LogP contribution in [-0.2, 0) is 9.47 Å². The van der Waals surface area contributed by atoms with Crippen molar-refractivity contribution < 1.29 is 18.7 Å². The smallest absolute Gasteiger partial charge is 0.287 e. The minimum atomic E-state index is -0.372. The molecule has 0 aromatic carbocycles. The second-order valence-electron chi connectivity index (χ2n) is 4.98. The Morgan fingerprint density at radius 1 is 1.42 bits per heavy atom. The lowest BCUT2D eigenvalue weighted by molar-refractivity contribution is -0.161. The fourth-order valence-corrected chi connectivity index (χ4v) is 2.93. The molecule has 6 heteroatoms. The number of nitrogens with one attached hydrogen (secondary N) is 1. The zero-order chi connectivity index (χ0) is 13.3. The van der Waals surface area contributed by atoms with Crippen LogP contribution in [0.4, 0.5) is 0 Å². The molecule has 2 heterocycles. The molecule has 1 aromatic heterocycles. The molecule has 0 radical (unpaired) electrons. The highest BCUT2D eigenvalue weighted by Gasteiger charge is 2.43. The summed E-state index contributed by atoms with van der Waals surface area (Å²) in [6, 6.07) is 3.32. The number of rotatable bonds is 3. The molecule has 1 unspecified atom stereocenters. The average Bonchev–Trinajstić information content (AvgIpc) is 3.10. The van der Waals surface area contributed by atoms with Gasteiger partial charge in [-0.2, -0.15) is 0 Å². The first-order chi connectivity index (χ1) is 9.17. The number of ether oxygens (including phenoxy) is 2. The lowest BCUT2D eigenvalue weighted by atomic mass is 10.2. The van der Waals surface area contributed by atoms with Gasteiger partial charge in [0, 0.05) is 19.4 Å². The maximum atomic E-state index is 11.8. The number of amides is 1. The zero-order valence-corrected chi connectivity index (χ0v) is 12.1. The van der Waals surface area contributed by atoms with Crippen LogP contribution in [0, 0.1) is 0 Å². The normalized spacial score (nSPS) is 25.0. The van der Waals surface area contributed by atoms with Crippen molar-refractivity contribution in [2.24, 2.45) is 0 Å². The maximum absolute atomic E-state index is 11.8. The molecule has 1 spiro atoms. The van der Waals surface area contributed by atoms with Gasteiger partial charge in [0.2, 0.25) is 0 Å². The first-order valence-electron chi connectivity index (χ1n) is 6.52. The number of furan rings is 1. The number of halogens is 1. The van der Waals surface area contributed by atoms with Gasteiger partial charge in [-0.25, -0.2) is 0 Å². The maximum Gasteiger partial charge on any atom is 0.287 e. The molecule has 3 rings (SSSR count). The van der Waals surface area contributed by atoms with Gasteiger partial charge in [-0.05, 0) is 40.9 Å². The molecule has 1 saturated carbocycles. The van der Waals surface area contributed by atoms with Crippen LogP contribution in [0.3, 0.4) is 0 Å². The SMILES string of the molecule is O=C(NCC1COC2(CCCC2)O1)c1ccc(Br)o1. The topological polar surface area (TPSA) is 60.7 Å². The molecule has 1 atom stereocenters. The average molecular weight is 330 g/mol. The van der Waals surface area contributed by atoms with Crippen LogP contribution >= 0.6 is 15.9 Å². The van der Waals surface area contributed by atoms with Gasteiger partial charge in [0.25, 0.3) is 5.91 Å². The molecule has 2 aliphatic rings. The summed E-state index contributed by atoms with van der Waals surface area (Å²) in [5.41, 5.74) is 0. The van der Waals surface area contributed by atoms with E-state index >= 15 is 0 Å². The van der Waals surface area contributed by atoms with E-state index in [4.69, 9.17) is 13.9 Å². The van der Waals surface area contributed by atoms with Crippen LogP contribution in [0.15, 0.2) is 21.2 Å². The molecule has 1 saturated heterocycles. The molecular weight excluding hydrogens is 314 g/mol. The van der Waals surface area contributed by atoms with E-state index in [1.807, 2.05) is 0 Å². The van der Waals surface area contributed by atoms with Gasteiger partial charge in [0.15, 0.2) is 16.2 Å². The molecule has 1 aliphatic carbocycles. The van der Waals surface area contributed by atoms with Gasteiger partial charge in [-0.3, -0.25) is 4.79 Å². The monoisotopic (exact) mass is 329 g/mol. The molecule has 104 valence electrons. The quantitative estimate of drug-likeness (QED) is 0.925. The Hall–Kier alpha value is -0.850. The summed E-state index contributed by atoms with van der Waals surface area (Å²) >= 11 is 3.17. The summed E-state index contributed by atoms with van der Waals surface area (Å²) in [5.74, 6) is -0.314. The third kappa shape index (κ3) is 2.85. The standard InChI is InChI=1S/C13H16BrNO4/c14-11-4-3-10(18-11)12(16)15-7-9-8-17-13(19-9)5-1-2-6-13/h3-4,9H,1-2,5-8H2,(H,15,16). The minimum absolute atomic E-state index is 0.0690. The van der Waals surface area contributed by atoms with Gasteiger partial charge in [-0.15, -0.1) is 0 Å². The molecule has 0 bridgehead atoms. The number of carbonyl (C=O) groups excluding carboxylic acids is 1. The predicted molar refractivity (Wildman–Crippen MR) is 70.8 cm³/mol. The highest BCUT2D eigenvalue weighted by atomic mass is 79.9. The molecule has 1 aliphatic heterocycles. The van der Waals surface area contributed by atoms with E-state index in [1.54, 1.807) is 12.1 Å². The molecule has 1 N–H and O–H groups in total. The molecule has 2 fully saturated rings. The van der Waals surface area contributed by atoms with Crippen molar-refractivity contribution in [3.63, 3.8) is 0 Å². The first kappa shape index (κ1) is 13.1. The lowest BCUT2D eigenvalue weighted by Gasteiger charge is -2.21. The van der Waals surface area contributed by atoms with Crippen LogP contribution in [-0.4, -0.2) is 30.9 Å². The van der Waals surface area contributed by atoms with Crippen molar-refractivity contribution in [3.05, 3.63) is 22.6 Å². The Morgan fingerprint density at radius 2 is 2.21 bits per heavy atom. The Labute approximate surface area is 119 Å². The summed E-state index contributed by atoms with van der Waals surface area (Å²) < 4.78 is 17.4. The van der Waals surface area contributed by atoms with E-state index in [-0.39, 0.29) is 17.8 Å². The van der Waals surface area contributed by atoms with Gasteiger partial charge >= 0.3 is 0 Å². The van der Waals surface area contributed by atoms with Gasteiger partial charge < -0.3 is 19.2 Å². The highest BCUT2D eigenvalue weighted by molar-refractivity contribution is 9.10. The van der Waals surface area contributed by atoms with Crippen LogP contribution < -0.4 is 5.32 Å². The zero-order valence-electron chi connectivity index (χ0n) is 10.5. The Bertz CT molecular complexity index is 467. The Kier molecular flexibility index (Phi) is 3.64. The van der Waals surface area contributed by atoms with Crippen LogP contribution in [0.1, 0.15) is 36.2 Å². The minimum Gasteiger partial charge on any atom is -0.444 e. The Morgan fingerprint density at radius 3 is 2.89 bits per heavy atom. The largest absolute Gasteiger partial charge is 0.444 e. The van der Waals surface area contributed by atoms with E-state index in [2.05, 4.69) is 21.2 Å². The van der Waals surface area contributed by atoms with E-state index in [0.717, 1.165) is 25.7 Å². The molecular formula is C13H16BrNO4. The van der Waals surface area contributed by atoms with Gasteiger partial charge in [-0.1, -0.05) is 0 Å². The van der Waals surface area contributed by atoms with Crippen molar-refractivity contribution in [1.29, 1.82) is 0 Å². The highest BCUT2D eigenvalue weighted by Crippen LogP contribution is 2.38. The lowest BCUT2D eigenvalue weighted by Crippen LogP contribution is -2.35. The van der Waals surface area contributed by atoms with E-state index in [1.165, 1.54) is 0 Å². The van der Waals surface area contributed by atoms with E-state index < -0.39 is 0 Å². The first-order valence-corrected chi connectivity index (χ1v) is 7.31. The summed E-state index contributed by atoms with van der Waals surface area (Å²) in [4.78, 5) is 11.8. The second-order valence-corrected chi connectivity index (χ2v) is 5.76. The third-order valence-corrected chi connectivity index (χ3v) is 3.99. The van der Waals surface area contributed by atoms with Crippen LogP contribution in [0.25, 0.3) is 0 Å². The number of hydrogen-bond acceptors (Lipinski definition) is 4. The van der Waals surface area contributed by atoms with Gasteiger partial charge in [0.05, 0.1) is 6.61 Å². The number of carbonyl (C=O) groups is 1. The third-order valence-electron chi connectivity index (χ3n) is 3.57. The van der Waals surface area contributed by atoms with Crippen molar-refractivity contribution >= 4 is 21.8 Å². The molecule has 1 aromatic rings. The Balaban J connectivity index is 1.49. The summed E-state index contributed by atoms with van der Waals surface area (Å²) in [6.07, 6.45) is 4.16. The van der Waals surface area contributed by atoms with Crippen molar-refractivity contribution in [2.45, 2.75) is 37.6 Å². The van der Waals surface area contributed by atoms with Gasteiger partial charge in [0.1, 0.15) is 6.10 Å². The number of hydrogen-bond donors (Lipinski definition) is 1. The summed E-state index contributed by atoms with van der Waals surface area (Å²) in [6.45, 7) is 0.987. The van der Waals surface area contributed by atoms with Crippen molar-refractivity contribution in [1.82, 2.24) is 5.32 Å². The summed E-state index contributed by atoms with van der Waals surface area (Å²) in [7, 11) is 0. The molecule has 5 nitrogen and oxygen atoms in total. The predicted octanol–water partition coefficient (Wildman–Crippen LogP) is 2.46. The molecule has 19 heavy (non-hydrogen) atoms. The van der Waals surface area contributed by atoms with Crippen molar-refractivity contribution in [2.75, 3.05) is 13.2 Å². The van der Waals surface area contributed by atoms with E-state index in [0.29, 0.717) is 23.6 Å². The second kappa shape index (κ2) is 5.26. The fraction of sp³-hybridized carbons (Fsp3) is 0.615. The van der Waals surface area contributed by atoms with Crippen LogP contribution in [0.5, 0.6) is 0 Å². The fourth-order valence-electron chi connectivity index (χ4n) is 2.62. The van der Waals surface area contributed by atoms with Crippen molar-refractivity contribution in [3.8, 4) is 0 Å². The molecule has 1 amide bonds. The summed E-state index contributed by atoms with van der Waals surface area (Å²) in [5, 5.41) is 2.80. The van der Waals surface area contributed by atoms with Crippen LogP contribution in [0.2, 0.25) is 0 Å².